The Bertz CT molecular complexity index is 520. The summed E-state index contributed by atoms with van der Waals surface area (Å²) in [6, 6.07) is 8.55. The van der Waals surface area contributed by atoms with Crippen molar-refractivity contribution in [3.8, 4) is 5.75 Å². The topological polar surface area (TPSA) is 39.1 Å². The van der Waals surface area contributed by atoms with E-state index >= 15 is 0 Å². The second-order valence-corrected chi connectivity index (χ2v) is 4.86. The van der Waals surface area contributed by atoms with Crippen LogP contribution in [0, 0.1) is 0 Å². The van der Waals surface area contributed by atoms with E-state index in [1.165, 1.54) is 5.69 Å². The van der Waals surface area contributed by atoms with Crippen LogP contribution in [0.5, 0.6) is 5.75 Å². The number of rotatable bonds is 6. The molecule has 2 aromatic rings. The van der Waals surface area contributed by atoms with Crippen molar-refractivity contribution >= 4 is 0 Å². The minimum atomic E-state index is 0.467. The highest BCUT2D eigenvalue weighted by atomic mass is 16.5. The molecule has 0 amide bonds. The number of imidazole rings is 1. The molecule has 0 aliphatic rings. The first-order valence-corrected chi connectivity index (χ1v) is 6.55. The fourth-order valence-corrected chi connectivity index (χ4v) is 1.96. The first-order valence-electron chi connectivity index (χ1n) is 6.55. The maximum Gasteiger partial charge on any atom is 0.123 e. The third-order valence-electron chi connectivity index (χ3n) is 3.02. The number of nitrogens with zero attached hydrogens (tertiary/aromatic N) is 2. The standard InChI is InChI=1S/C15H21N3O/c1-12(2)17-9-14-8-16-11-18(14)10-13-6-4-5-7-15(13)19-3/h4-8,11-12,17H,9-10H2,1-3H3. The molecule has 1 heterocycles. The maximum atomic E-state index is 5.38. The molecule has 0 saturated heterocycles. The molecular weight excluding hydrogens is 238 g/mol. The monoisotopic (exact) mass is 259 g/mol. The number of hydrogen-bond donors (Lipinski definition) is 1. The van der Waals surface area contributed by atoms with Crippen LogP contribution in [0.4, 0.5) is 0 Å². The van der Waals surface area contributed by atoms with Gasteiger partial charge in [0.25, 0.3) is 0 Å². The molecule has 19 heavy (non-hydrogen) atoms. The SMILES string of the molecule is COc1ccccc1Cn1cncc1CNC(C)C. The Kier molecular flexibility index (Phi) is 4.58. The van der Waals surface area contributed by atoms with Gasteiger partial charge >= 0.3 is 0 Å². The molecule has 1 N–H and O–H groups in total. The number of aromatic nitrogens is 2. The highest BCUT2D eigenvalue weighted by Crippen LogP contribution is 2.19. The lowest BCUT2D eigenvalue weighted by atomic mass is 10.2. The summed E-state index contributed by atoms with van der Waals surface area (Å²) >= 11 is 0. The van der Waals surface area contributed by atoms with Gasteiger partial charge in [-0.25, -0.2) is 4.98 Å². The van der Waals surface area contributed by atoms with E-state index in [4.69, 9.17) is 4.74 Å². The van der Waals surface area contributed by atoms with Gasteiger partial charge in [0.2, 0.25) is 0 Å². The normalized spacial score (nSPS) is 10.9. The predicted molar refractivity (Wildman–Crippen MR) is 76.3 cm³/mol. The van der Waals surface area contributed by atoms with Crippen molar-refractivity contribution in [1.29, 1.82) is 0 Å². The summed E-state index contributed by atoms with van der Waals surface area (Å²) in [5.74, 6) is 0.916. The summed E-state index contributed by atoms with van der Waals surface area (Å²) in [4.78, 5) is 4.23. The van der Waals surface area contributed by atoms with Crippen molar-refractivity contribution in [3.05, 3.63) is 48.0 Å². The predicted octanol–water partition coefficient (Wildman–Crippen LogP) is 2.44. The Hall–Kier alpha value is -1.81. The van der Waals surface area contributed by atoms with Gasteiger partial charge in [0, 0.05) is 24.3 Å². The van der Waals surface area contributed by atoms with Crippen LogP contribution in [0.3, 0.4) is 0 Å². The minimum absolute atomic E-state index is 0.467. The molecule has 0 atom stereocenters. The average molecular weight is 259 g/mol. The van der Waals surface area contributed by atoms with Crippen LogP contribution in [0.25, 0.3) is 0 Å². The first-order chi connectivity index (χ1) is 9.20. The highest BCUT2D eigenvalue weighted by molar-refractivity contribution is 5.33. The second-order valence-electron chi connectivity index (χ2n) is 4.86. The Morgan fingerprint density at radius 3 is 2.84 bits per heavy atom. The van der Waals surface area contributed by atoms with Gasteiger partial charge in [-0.3, -0.25) is 0 Å². The highest BCUT2D eigenvalue weighted by Gasteiger charge is 2.06. The van der Waals surface area contributed by atoms with Crippen LogP contribution in [0.1, 0.15) is 25.1 Å². The molecule has 0 aliphatic heterocycles. The number of benzene rings is 1. The lowest BCUT2D eigenvalue weighted by molar-refractivity contribution is 0.408. The molecule has 102 valence electrons. The molecule has 4 nitrogen and oxygen atoms in total. The van der Waals surface area contributed by atoms with Crippen molar-refractivity contribution in [3.63, 3.8) is 0 Å². The van der Waals surface area contributed by atoms with E-state index in [0.29, 0.717) is 6.04 Å². The zero-order valence-electron chi connectivity index (χ0n) is 11.8. The quantitative estimate of drug-likeness (QED) is 0.866. The molecule has 2 rings (SSSR count). The van der Waals surface area contributed by atoms with Crippen LogP contribution in [-0.2, 0) is 13.1 Å². The summed E-state index contributed by atoms with van der Waals surface area (Å²) in [6.07, 6.45) is 3.77. The van der Waals surface area contributed by atoms with Crippen molar-refractivity contribution in [2.75, 3.05) is 7.11 Å². The average Bonchev–Trinajstić information content (AvgIpc) is 2.84. The summed E-state index contributed by atoms with van der Waals surface area (Å²) in [5.41, 5.74) is 2.34. The van der Waals surface area contributed by atoms with Crippen molar-refractivity contribution in [2.45, 2.75) is 33.0 Å². The lowest BCUT2D eigenvalue weighted by Gasteiger charge is -2.13. The number of nitrogens with one attached hydrogen (secondary N) is 1. The van der Waals surface area contributed by atoms with Gasteiger partial charge in [0.1, 0.15) is 5.75 Å². The Morgan fingerprint density at radius 2 is 2.11 bits per heavy atom. The Balaban J connectivity index is 2.12. The molecular formula is C15H21N3O. The van der Waals surface area contributed by atoms with E-state index in [1.54, 1.807) is 7.11 Å². The zero-order valence-corrected chi connectivity index (χ0v) is 11.8. The molecule has 0 fully saturated rings. The van der Waals surface area contributed by atoms with Crippen LogP contribution in [0.2, 0.25) is 0 Å². The fraction of sp³-hybridized carbons (Fsp3) is 0.400. The molecule has 1 aromatic carbocycles. The molecule has 1 aromatic heterocycles. The van der Waals surface area contributed by atoms with Crippen LogP contribution >= 0.6 is 0 Å². The second kappa shape index (κ2) is 6.38. The molecule has 0 aliphatic carbocycles. The van der Waals surface area contributed by atoms with Gasteiger partial charge in [0.05, 0.1) is 25.7 Å². The molecule has 0 radical (unpaired) electrons. The summed E-state index contributed by atoms with van der Waals surface area (Å²) in [5, 5.41) is 3.41. The van der Waals surface area contributed by atoms with E-state index in [9.17, 15) is 0 Å². The third-order valence-corrected chi connectivity index (χ3v) is 3.02. The summed E-state index contributed by atoms with van der Waals surface area (Å²) in [6.45, 7) is 5.88. The van der Waals surface area contributed by atoms with Crippen LogP contribution < -0.4 is 10.1 Å². The largest absolute Gasteiger partial charge is 0.496 e. The van der Waals surface area contributed by atoms with Crippen molar-refractivity contribution < 1.29 is 4.74 Å². The smallest absolute Gasteiger partial charge is 0.123 e. The van der Waals surface area contributed by atoms with E-state index in [-0.39, 0.29) is 0 Å². The minimum Gasteiger partial charge on any atom is -0.496 e. The van der Waals surface area contributed by atoms with Crippen LogP contribution in [0.15, 0.2) is 36.8 Å². The van der Waals surface area contributed by atoms with E-state index in [1.807, 2.05) is 30.7 Å². The summed E-state index contributed by atoms with van der Waals surface area (Å²) < 4.78 is 7.53. The van der Waals surface area contributed by atoms with E-state index in [0.717, 1.165) is 24.4 Å². The number of para-hydroxylation sites is 1. The van der Waals surface area contributed by atoms with Gasteiger partial charge in [-0.15, -0.1) is 0 Å². The zero-order chi connectivity index (χ0) is 13.7. The molecule has 4 heteroatoms. The first kappa shape index (κ1) is 13.6. The van der Waals surface area contributed by atoms with Gasteiger partial charge in [-0.2, -0.15) is 0 Å². The van der Waals surface area contributed by atoms with Crippen molar-refractivity contribution in [1.82, 2.24) is 14.9 Å². The van der Waals surface area contributed by atoms with E-state index in [2.05, 4.69) is 34.8 Å². The fourth-order valence-electron chi connectivity index (χ4n) is 1.96. The van der Waals surface area contributed by atoms with Crippen LogP contribution in [-0.4, -0.2) is 22.7 Å². The maximum absolute atomic E-state index is 5.38. The van der Waals surface area contributed by atoms with Gasteiger partial charge in [-0.1, -0.05) is 32.0 Å². The molecule has 0 spiro atoms. The third kappa shape index (κ3) is 3.58. The molecule has 0 bridgehead atoms. The molecule has 0 saturated carbocycles. The number of hydrogen-bond acceptors (Lipinski definition) is 3. The Labute approximate surface area is 114 Å². The molecule has 0 unspecified atom stereocenters. The Morgan fingerprint density at radius 1 is 1.32 bits per heavy atom. The van der Waals surface area contributed by atoms with Gasteiger partial charge in [0.15, 0.2) is 0 Å². The van der Waals surface area contributed by atoms with Gasteiger partial charge in [-0.05, 0) is 6.07 Å². The van der Waals surface area contributed by atoms with Gasteiger partial charge < -0.3 is 14.6 Å². The van der Waals surface area contributed by atoms with Crippen molar-refractivity contribution in [2.24, 2.45) is 0 Å². The van der Waals surface area contributed by atoms with E-state index < -0.39 is 0 Å². The number of ether oxygens (including phenoxy) is 1. The summed E-state index contributed by atoms with van der Waals surface area (Å²) in [7, 11) is 1.70. The lowest BCUT2D eigenvalue weighted by Crippen LogP contribution is -2.23. The number of methoxy groups -OCH3 is 1.